The van der Waals surface area contributed by atoms with E-state index in [2.05, 4.69) is 15.6 Å². The zero-order valence-corrected chi connectivity index (χ0v) is 17.9. The van der Waals surface area contributed by atoms with Crippen molar-refractivity contribution in [2.24, 2.45) is 4.99 Å². The molecule has 0 spiro atoms. The fraction of sp³-hybridized carbons (Fsp3) is 0.409. The lowest BCUT2D eigenvalue weighted by Crippen LogP contribution is -2.36. The quantitative estimate of drug-likeness (QED) is 0.335. The predicted octanol–water partition coefficient (Wildman–Crippen LogP) is 3.83. The van der Waals surface area contributed by atoms with Crippen molar-refractivity contribution in [3.05, 3.63) is 59.2 Å². The van der Waals surface area contributed by atoms with E-state index in [1.54, 1.807) is 26.3 Å². The maximum Gasteiger partial charge on any atom is 0.422 e. The maximum absolute atomic E-state index is 12.2. The highest BCUT2D eigenvalue weighted by atomic mass is 19.4. The van der Waals surface area contributed by atoms with Crippen LogP contribution in [0.3, 0.4) is 0 Å². The van der Waals surface area contributed by atoms with Gasteiger partial charge in [0.2, 0.25) is 0 Å². The van der Waals surface area contributed by atoms with Crippen molar-refractivity contribution in [1.82, 2.24) is 10.6 Å². The number of aryl methyl sites for hydroxylation is 1. The number of rotatable bonds is 10. The van der Waals surface area contributed by atoms with Gasteiger partial charge in [0.1, 0.15) is 18.1 Å². The molecule has 0 bridgehead atoms. The van der Waals surface area contributed by atoms with E-state index in [1.807, 2.05) is 25.1 Å². The Morgan fingerprint density at radius 3 is 2.32 bits per heavy atom. The number of ether oxygens (including phenoxy) is 3. The first-order valence-corrected chi connectivity index (χ1v) is 9.75. The van der Waals surface area contributed by atoms with E-state index in [0.29, 0.717) is 32.3 Å². The van der Waals surface area contributed by atoms with Crippen LogP contribution >= 0.6 is 0 Å². The van der Waals surface area contributed by atoms with Gasteiger partial charge in [-0.3, -0.25) is 4.99 Å². The Morgan fingerprint density at radius 1 is 0.968 bits per heavy atom. The van der Waals surface area contributed by atoms with Crippen LogP contribution in [-0.2, 0) is 17.8 Å². The summed E-state index contributed by atoms with van der Waals surface area (Å²) in [5, 5.41) is 6.40. The lowest BCUT2D eigenvalue weighted by atomic mass is 10.1. The summed E-state index contributed by atoms with van der Waals surface area (Å²) < 4.78 is 52.2. The monoisotopic (exact) mass is 439 g/mol. The van der Waals surface area contributed by atoms with Crippen molar-refractivity contribution >= 4 is 5.96 Å². The molecule has 0 aromatic heterocycles. The van der Waals surface area contributed by atoms with Crippen LogP contribution in [0.2, 0.25) is 0 Å². The molecule has 9 heteroatoms. The molecular formula is C22H28F3N3O3. The molecule has 0 fully saturated rings. The third-order valence-corrected chi connectivity index (χ3v) is 4.22. The number of guanidine groups is 1. The molecule has 0 heterocycles. The Hall–Kier alpha value is -2.94. The van der Waals surface area contributed by atoms with Gasteiger partial charge < -0.3 is 24.8 Å². The number of hydrogen-bond acceptors (Lipinski definition) is 4. The molecule has 0 unspecified atom stereocenters. The highest BCUT2D eigenvalue weighted by Crippen LogP contribution is 2.21. The second-order valence-electron chi connectivity index (χ2n) is 6.78. The second-order valence-corrected chi connectivity index (χ2v) is 6.78. The van der Waals surface area contributed by atoms with Crippen LogP contribution in [0.25, 0.3) is 0 Å². The molecule has 0 atom stereocenters. The van der Waals surface area contributed by atoms with Crippen LogP contribution in [0.5, 0.6) is 11.5 Å². The SMILES string of the molecule is CN=C(NCc1ccc(OCC(F)(F)F)cc1)NCc1ccc(C)cc1OCCOC. The van der Waals surface area contributed by atoms with E-state index in [9.17, 15) is 13.2 Å². The standard InChI is InChI=1S/C22H28F3N3O3/c1-16-4-7-18(20(12-16)30-11-10-29-3)14-28-21(26-2)27-13-17-5-8-19(9-6-17)31-15-22(23,24)25/h4-9,12H,10-11,13-15H2,1-3H3,(H2,26,27,28). The summed E-state index contributed by atoms with van der Waals surface area (Å²) in [6.07, 6.45) is -4.36. The summed E-state index contributed by atoms with van der Waals surface area (Å²) in [5.41, 5.74) is 2.96. The molecule has 0 aliphatic carbocycles. The maximum atomic E-state index is 12.2. The van der Waals surface area contributed by atoms with Crippen LogP contribution in [0.4, 0.5) is 13.2 Å². The summed E-state index contributed by atoms with van der Waals surface area (Å²) >= 11 is 0. The molecule has 0 amide bonds. The van der Waals surface area contributed by atoms with Crippen LogP contribution in [-0.4, -0.2) is 46.1 Å². The van der Waals surface area contributed by atoms with Gasteiger partial charge in [-0.05, 0) is 36.2 Å². The summed E-state index contributed by atoms with van der Waals surface area (Å²) in [7, 11) is 3.29. The third kappa shape index (κ3) is 9.17. The fourth-order valence-electron chi connectivity index (χ4n) is 2.63. The molecule has 2 N–H and O–H groups in total. The molecule has 0 saturated heterocycles. The Morgan fingerprint density at radius 2 is 1.68 bits per heavy atom. The van der Waals surface area contributed by atoms with E-state index in [1.165, 1.54) is 12.1 Å². The number of hydrogen-bond donors (Lipinski definition) is 2. The van der Waals surface area contributed by atoms with Gasteiger partial charge in [-0.1, -0.05) is 24.3 Å². The summed E-state index contributed by atoms with van der Waals surface area (Å²) in [4.78, 5) is 4.20. The minimum atomic E-state index is -4.36. The van der Waals surface area contributed by atoms with Crippen molar-refractivity contribution in [1.29, 1.82) is 0 Å². The molecule has 6 nitrogen and oxygen atoms in total. The normalized spacial score (nSPS) is 11.9. The Balaban J connectivity index is 1.86. The Kier molecular flexibility index (Phi) is 9.45. The van der Waals surface area contributed by atoms with Crippen LogP contribution in [0, 0.1) is 6.92 Å². The van der Waals surface area contributed by atoms with Crippen LogP contribution in [0.1, 0.15) is 16.7 Å². The van der Waals surface area contributed by atoms with Crippen molar-refractivity contribution < 1.29 is 27.4 Å². The summed E-state index contributed by atoms with van der Waals surface area (Å²) in [6.45, 7) is 2.61. The van der Waals surface area contributed by atoms with E-state index in [4.69, 9.17) is 14.2 Å². The molecule has 0 aliphatic rings. The van der Waals surface area contributed by atoms with Gasteiger partial charge in [0.25, 0.3) is 0 Å². The summed E-state index contributed by atoms with van der Waals surface area (Å²) in [6, 6.07) is 12.4. The average molecular weight is 439 g/mol. The fourth-order valence-corrected chi connectivity index (χ4v) is 2.63. The number of aliphatic imine (C=N–C) groups is 1. The van der Waals surface area contributed by atoms with E-state index < -0.39 is 12.8 Å². The van der Waals surface area contributed by atoms with Crippen molar-refractivity contribution in [2.75, 3.05) is 34.0 Å². The minimum Gasteiger partial charge on any atom is -0.491 e. The number of nitrogens with one attached hydrogen (secondary N) is 2. The third-order valence-electron chi connectivity index (χ3n) is 4.22. The number of alkyl halides is 3. The zero-order chi connectivity index (χ0) is 22.7. The van der Waals surface area contributed by atoms with E-state index in [-0.39, 0.29) is 5.75 Å². The Labute approximate surface area is 180 Å². The first-order chi connectivity index (χ1) is 14.8. The molecule has 170 valence electrons. The minimum absolute atomic E-state index is 0.170. The van der Waals surface area contributed by atoms with Gasteiger partial charge in [0.15, 0.2) is 12.6 Å². The van der Waals surface area contributed by atoms with Crippen molar-refractivity contribution in [2.45, 2.75) is 26.2 Å². The van der Waals surface area contributed by atoms with Crippen molar-refractivity contribution in [3.63, 3.8) is 0 Å². The highest BCUT2D eigenvalue weighted by molar-refractivity contribution is 5.79. The molecule has 2 rings (SSSR count). The number of nitrogens with zero attached hydrogens (tertiary/aromatic N) is 1. The van der Waals surface area contributed by atoms with Crippen LogP contribution in [0.15, 0.2) is 47.5 Å². The lowest BCUT2D eigenvalue weighted by molar-refractivity contribution is -0.153. The topological polar surface area (TPSA) is 64.1 Å². The summed E-state index contributed by atoms with van der Waals surface area (Å²) in [5.74, 6) is 1.54. The first-order valence-electron chi connectivity index (χ1n) is 9.75. The average Bonchev–Trinajstić information content (AvgIpc) is 2.74. The smallest absolute Gasteiger partial charge is 0.422 e. The van der Waals surface area contributed by atoms with Gasteiger partial charge in [-0.15, -0.1) is 0 Å². The largest absolute Gasteiger partial charge is 0.491 e. The molecule has 2 aromatic rings. The lowest BCUT2D eigenvalue weighted by Gasteiger charge is -2.15. The molecule has 0 saturated carbocycles. The number of halogens is 3. The molecule has 31 heavy (non-hydrogen) atoms. The second kappa shape index (κ2) is 12.0. The van der Waals surface area contributed by atoms with Crippen molar-refractivity contribution in [3.8, 4) is 11.5 Å². The van der Waals surface area contributed by atoms with Gasteiger partial charge in [0.05, 0.1) is 6.61 Å². The molecule has 0 radical (unpaired) electrons. The predicted molar refractivity (Wildman–Crippen MR) is 114 cm³/mol. The molecule has 0 aliphatic heterocycles. The Bertz CT molecular complexity index is 840. The van der Waals surface area contributed by atoms with Crippen LogP contribution < -0.4 is 20.1 Å². The van der Waals surface area contributed by atoms with E-state index >= 15 is 0 Å². The molecular weight excluding hydrogens is 411 g/mol. The number of benzene rings is 2. The first kappa shape index (κ1) is 24.3. The van der Waals surface area contributed by atoms with Gasteiger partial charge >= 0.3 is 6.18 Å². The molecule has 2 aromatic carbocycles. The van der Waals surface area contributed by atoms with E-state index in [0.717, 1.165) is 22.4 Å². The zero-order valence-electron chi connectivity index (χ0n) is 17.9. The van der Waals surface area contributed by atoms with Gasteiger partial charge in [0, 0.05) is 32.8 Å². The number of methoxy groups -OCH3 is 1. The van der Waals surface area contributed by atoms with Gasteiger partial charge in [-0.2, -0.15) is 13.2 Å². The highest BCUT2D eigenvalue weighted by Gasteiger charge is 2.28. The van der Waals surface area contributed by atoms with Gasteiger partial charge in [-0.25, -0.2) is 0 Å².